The Kier molecular flexibility index (Phi) is 5.64. The number of amides is 2. The van der Waals surface area contributed by atoms with Crippen molar-refractivity contribution in [3.8, 4) is 0 Å². The lowest BCUT2D eigenvalue weighted by atomic mass is 10.1. The van der Waals surface area contributed by atoms with Gasteiger partial charge in [-0.2, -0.15) is 5.10 Å². The van der Waals surface area contributed by atoms with Gasteiger partial charge in [0.25, 0.3) is 0 Å². The zero-order valence-corrected chi connectivity index (χ0v) is 11.4. The van der Waals surface area contributed by atoms with Crippen LogP contribution in [0.15, 0.2) is 12.3 Å². The van der Waals surface area contributed by atoms with Gasteiger partial charge in [0.05, 0.1) is 13.2 Å². The summed E-state index contributed by atoms with van der Waals surface area (Å²) in [5.74, 6) is 0.939. The van der Waals surface area contributed by atoms with Crippen LogP contribution in [-0.2, 0) is 11.3 Å². The van der Waals surface area contributed by atoms with Crippen LogP contribution in [0.25, 0.3) is 0 Å². The Balaban J connectivity index is 2.42. The van der Waals surface area contributed by atoms with Crippen LogP contribution >= 0.6 is 0 Å². The molecule has 0 saturated carbocycles. The fraction of sp³-hybridized carbons (Fsp3) is 0.667. The van der Waals surface area contributed by atoms with E-state index < -0.39 is 0 Å². The van der Waals surface area contributed by atoms with Gasteiger partial charge in [-0.15, -0.1) is 0 Å². The Morgan fingerprint density at radius 3 is 2.83 bits per heavy atom. The monoisotopic (exact) mass is 254 g/mol. The molecule has 0 aromatic carbocycles. The van der Waals surface area contributed by atoms with Gasteiger partial charge in [-0.3, -0.25) is 10.00 Å². The number of rotatable bonds is 6. The highest BCUT2D eigenvalue weighted by Crippen LogP contribution is 2.04. The van der Waals surface area contributed by atoms with Gasteiger partial charge in [-0.1, -0.05) is 13.8 Å². The van der Waals surface area contributed by atoms with Crippen molar-refractivity contribution in [3.63, 3.8) is 0 Å². The van der Waals surface area contributed by atoms with Crippen molar-refractivity contribution in [2.45, 2.75) is 33.4 Å². The molecule has 1 aromatic heterocycles. The van der Waals surface area contributed by atoms with Crippen LogP contribution in [-0.4, -0.2) is 35.6 Å². The first-order valence-corrected chi connectivity index (χ1v) is 6.13. The second-order valence-electron chi connectivity index (χ2n) is 4.59. The van der Waals surface area contributed by atoms with Gasteiger partial charge < -0.3 is 10.1 Å². The highest BCUT2D eigenvalue weighted by Gasteiger charge is 2.11. The van der Waals surface area contributed by atoms with Crippen molar-refractivity contribution in [2.75, 3.05) is 19.0 Å². The maximum atomic E-state index is 11.7. The molecule has 1 atom stereocenters. The largest absolute Gasteiger partial charge is 0.383 e. The first kappa shape index (κ1) is 14.5. The van der Waals surface area contributed by atoms with E-state index in [2.05, 4.69) is 29.6 Å². The third-order valence-electron chi connectivity index (χ3n) is 2.77. The van der Waals surface area contributed by atoms with Crippen molar-refractivity contribution >= 4 is 11.8 Å². The molecule has 2 amide bonds. The summed E-state index contributed by atoms with van der Waals surface area (Å²) in [6.07, 6.45) is 1.81. The highest BCUT2D eigenvalue weighted by atomic mass is 16.5. The van der Waals surface area contributed by atoms with Gasteiger partial charge in [-0.25, -0.2) is 4.79 Å². The Bertz CT molecular complexity index is 376. The molecule has 0 radical (unpaired) electrons. The molecule has 6 heteroatoms. The molecule has 0 aliphatic rings. The number of anilines is 1. The third-order valence-corrected chi connectivity index (χ3v) is 2.77. The zero-order chi connectivity index (χ0) is 13.5. The van der Waals surface area contributed by atoms with Gasteiger partial charge in [-0.05, 0) is 12.8 Å². The summed E-state index contributed by atoms with van der Waals surface area (Å²) >= 11 is 0. The molecule has 1 aromatic rings. The summed E-state index contributed by atoms with van der Waals surface area (Å²) in [6.45, 7) is 7.36. The average Bonchev–Trinajstić information content (AvgIpc) is 2.73. The molecule has 1 heterocycles. The number of ether oxygens (including phenoxy) is 1. The van der Waals surface area contributed by atoms with Crippen LogP contribution in [0, 0.1) is 5.92 Å². The minimum Gasteiger partial charge on any atom is -0.383 e. The Labute approximate surface area is 108 Å². The van der Waals surface area contributed by atoms with E-state index in [-0.39, 0.29) is 12.1 Å². The summed E-state index contributed by atoms with van der Waals surface area (Å²) in [7, 11) is 1.64. The topological polar surface area (TPSA) is 68.2 Å². The van der Waals surface area contributed by atoms with E-state index in [1.807, 2.05) is 6.92 Å². The second kappa shape index (κ2) is 7.00. The van der Waals surface area contributed by atoms with Crippen molar-refractivity contribution in [1.29, 1.82) is 0 Å². The number of hydrogen-bond donors (Lipinski definition) is 2. The van der Waals surface area contributed by atoms with Crippen molar-refractivity contribution in [3.05, 3.63) is 12.3 Å². The van der Waals surface area contributed by atoms with Crippen LogP contribution in [0.2, 0.25) is 0 Å². The number of carbonyl (C=O) groups is 1. The fourth-order valence-electron chi connectivity index (χ4n) is 1.26. The van der Waals surface area contributed by atoms with Gasteiger partial charge in [0.1, 0.15) is 0 Å². The summed E-state index contributed by atoms with van der Waals surface area (Å²) in [4.78, 5) is 11.7. The van der Waals surface area contributed by atoms with E-state index in [0.29, 0.717) is 24.9 Å². The normalized spacial score (nSPS) is 12.5. The first-order chi connectivity index (χ1) is 8.52. The number of aromatic nitrogens is 2. The molecule has 0 aliphatic carbocycles. The van der Waals surface area contributed by atoms with E-state index in [4.69, 9.17) is 4.74 Å². The minimum absolute atomic E-state index is 0.126. The van der Waals surface area contributed by atoms with Crippen LogP contribution in [0.3, 0.4) is 0 Å². The number of nitrogens with zero attached hydrogens (tertiary/aromatic N) is 2. The lowest BCUT2D eigenvalue weighted by molar-refractivity contribution is 0.183. The standard InChI is InChI=1S/C12H22N4O2/c1-9(2)10(3)13-12(17)14-11-5-6-16(15-11)7-8-18-4/h5-6,9-10H,7-8H2,1-4H3,(H2,13,14,15,17). The summed E-state index contributed by atoms with van der Waals surface area (Å²) < 4.78 is 6.68. The number of urea groups is 1. The molecular weight excluding hydrogens is 232 g/mol. The van der Waals surface area contributed by atoms with Gasteiger partial charge >= 0.3 is 6.03 Å². The molecule has 1 unspecified atom stereocenters. The molecule has 0 bridgehead atoms. The minimum atomic E-state index is -0.229. The molecule has 0 spiro atoms. The molecule has 6 nitrogen and oxygen atoms in total. The van der Waals surface area contributed by atoms with Crippen molar-refractivity contribution < 1.29 is 9.53 Å². The highest BCUT2D eigenvalue weighted by molar-refractivity contribution is 5.88. The lowest BCUT2D eigenvalue weighted by Gasteiger charge is -2.17. The van der Waals surface area contributed by atoms with E-state index in [9.17, 15) is 4.79 Å². The summed E-state index contributed by atoms with van der Waals surface area (Å²) in [5.41, 5.74) is 0. The molecule has 102 valence electrons. The van der Waals surface area contributed by atoms with Crippen molar-refractivity contribution in [1.82, 2.24) is 15.1 Å². The van der Waals surface area contributed by atoms with E-state index in [1.54, 1.807) is 24.1 Å². The van der Waals surface area contributed by atoms with Crippen molar-refractivity contribution in [2.24, 2.45) is 5.92 Å². The average molecular weight is 254 g/mol. The zero-order valence-electron chi connectivity index (χ0n) is 11.4. The van der Waals surface area contributed by atoms with Gasteiger partial charge in [0.2, 0.25) is 0 Å². The molecule has 2 N–H and O–H groups in total. The summed E-state index contributed by atoms with van der Waals surface area (Å²) in [6, 6.07) is 1.66. The molecule has 0 saturated heterocycles. The van der Waals surface area contributed by atoms with E-state index >= 15 is 0 Å². The number of nitrogens with one attached hydrogen (secondary N) is 2. The molecular formula is C12H22N4O2. The van der Waals surface area contributed by atoms with E-state index in [0.717, 1.165) is 0 Å². The van der Waals surface area contributed by atoms with Crippen LogP contribution in [0.1, 0.15) is 20.8 Å². The molecule has 1 rings (SSSR count). The molecule has 0 aliphatic heterocycles. The van der Waals surface area contributed by atoms with Crippen LogP contribution in [0.5, 0.6) is 0 Å². The quantitative estimate of drug-likeness (QED) is 0.811. The third kappa shape index (κ3) is 4.75. The number of methoxy groups -OCH3 is 1. The Morgan fingerprint density at radius 2 is 2.22 bits per heavy atom. The smallest absolute Gasteiger partial charge is 0.320 e. The predicted octanol–water partition coefficient (Wildman–Crippen LogP) is 1.70. The molecule has 18 heavy (non-hydrogen) atoms. The van der Waals surface area contributed by atoms with Gasteiger partial charge in [0, 0.05) is 25.4 Å². The predicted molar refractivity (Wildman–Crippen MR) is 70.6 cm³/mol. The SMILES string of the molecule is COCCn1ccc(NC(=O)NC(C)C(C)C)n1. The second-order valence-corrected chi connectivity index (χ2v) is 4.59. The van der Waals surface area contributed by atoms with E-state index in [1.165, 1.54) is 0 Å². The van der Waals surface area contributed by atoms with Gasteiger partial charge in [0.15, 0.2) is 5.82 Å². The maximum absolute atomic E-state index is 11.7. The Hall–Kier alpha value is -1.56. The summed E-state index contributed by atoms with van der Waals surface area (Å²) in [5, 5.41) is 9.76. The Morgan fingerprint density at radius 1 is 1.50 bits per heavy atom. The number of hydrogen-bond acceptors (Lipinski definition) is 3. The lowest BCUT2D eigenvalue weighted by Crippen LogP contribution is -2.39. The molecule has 0 fully saturated rings. The van der Waals surface area contributed by atoms with Crippen LogP contribution < -0.4 is 10.6 Å². The fourth-order valence-corrected chi connectivity index (χ4v) is 1.26. The number of carbonyl (C=O) groups excluding carboxylic acids is 1. The maximum Gasteiger partial charge on any atom is 0.320 e. The van der Waals surface area contributed by atoms with Crippen LogP contribution in [0.4, 0.5) is 10.6 Å². The first-order valence-electron chi connectivity index (χ1n) is 6.13.